The smallest absolute Gasteiger partial charge is 0.274 e. The van der Waals surface area contributed by atoms with Gasteiger partial charge in [-0.1, -0.05) is 12.1 Å². The number of carbonyl (C=O) groups is 2. The number of carbonyl (C=O) groups excluding carboxylic acids is 2. The number of ether oxygens (including phenoxy) is 2. The van der Waals surface area contributed by atoms with Gasteiger partial charge in [0, 0.05) is 31.5 Å². The van der Waals surface area contributed by atoms with Crippen LogP contribution in [-0.4, -0.2) is 64.0 Å². The van der Waals surface area contributed by atoms with Gasteiger partial charge in [0.05, 0.1) is 0 Å². The molecule has 0 N–H and O–H groups in total. The van der Waals surface area contributed by atoms with E-state index >= 15 is 0 Å². The minimum absolute atomic E-state index is 0.0696. The van der Waals surface area contributed by atoms with Gasteiger partial charge in [-0.2, -0.15) is 10.1 Å². The van der Waals surface area contributed by atoms with Crippen molar-refractivity contribution in [3.05, 3.63) is 24.1 Å². The highest BCUT2D eigenvalue weighted by molar-refractivity contribution is 6.01. The second kappa shape index (κ2) is 8.01. The predicted octanol–water partition coefficient (Wildman–Crippen LogP) is 2.05. The molecule has 5 rings (SSSR count). The van der Waals surface area contributed by atoms with Gasteiger partial charge in [0.1, 0.15) is 12.3 Å². The minimum atomic E-state index is -0.182. The van der Waals surface area contributed by atoms with Crippen molar-refractivity contribution in [3.63, 3.8) is 0 Å². The van der Waals surface area contributed by atoms with Crippen LogP contribution in [0.2, 0.25) is 0 Å². The molecule has 2 amide bonds. The van der Waals surface area contributed by atoms with Gasteiger partial charge in [-0.15, -0.1) is 0 Å². The summed E-state index contributed by atoms with van der Waals surface area (Å²) >= 11 is 0. The molecule has 2 aromatic rings. The van der Waals surface area contributed by atoms with Gasteiger partial charge in [0.25, 0.3) is 5.89 Å². The fourth-order valence-corrected chi connectivity index (χ4v) is 3.86. The minimum Gasteiger partial charge on any atom is -0.454 e. The maximum absolute atomic E-state index is 12.6. The first kappa shape index (κ1) is 19.5. The van der Waals surface area contributed by atoms with Crippen molar-refractivity contribution < 1.29 is 23.6 Å². The number of hydrazone groups is 1. The Morgan fingerprint density at radius 2 is 1.97 bits per heavy atom. The van der Waals surface area contributed by atoms with Crippen molar-refractivity contribution in [3.8, 4) is 22.9 Å². The van der Waals surface area contributed by atoms with Gasteiger partial charge in [-0.3, -0.25) is 9.59 Å². The highest BCUT2D eigenvalue weighted by Crippen LogP contribution is 2.35. The normalized spacial score (nSPS) is 19.0. The van der Waals surface area contributed by atoms with Crippen LogP contribution in [0, 0.1) is 5.92 Å². The molecular weight excluding hydrogens is 402 g/mol. The zero-order valence-corrected chi connectivity index (χ0v) is 17.2. The molecule has 0 bridgehead atoms. The Morgan fingerprint density at radius 3 is 2.81 bits per heavy atom. The molecular formula is C21H23N5O5. The molecule has 3 aliphatic rings. The Bertz CT molecular complexity index is 1040. The summed E-state index contributed by atoms with van der Waals surface area (Å²) < 4.78 is 16.1. The largest absolute Gasteiger partial charge is 0.454 e. The zero-order valence-electron chi connectivity index (χ0n) is 17.2. The quantitative estimate of drug-likeness (QED) is 0.737. The number of hydrogen-bond donors (Lipinski definition) is 0. The molecule has 10 heteroatoms. The molecule has 0 aliphatic carbocycles. The summed E-state index contributed by atoms with van der Waals surface area (Å²) in [5.41, 5.74) is 1.22. The van der Waals surface area contributed by atoms with Crippen molar-refractivity contribution in [1.82, 2.24) is 20.0 Å². The SMILES string of the molecule is CC1CCN(C(=O)CN2N=C(c3nc(-c4ccc5c(c4)OCO5)no3)CCC2=O)CC1. The Labute approximate surface area is 178 Å². The fourth-order valence-electron chi connectivity index (χ4n) is 3.86. The Kier molecular flexibility index (Phi) is 5.05. The second-order valence-corrected chi connectivity index (χ2v) is 8.05. The Hall–Kier alpha value is -3.43. The number of rotatable bonds is 4. The molecule has 1 fully saturated rings. The standard InChI is InChI=1S/C21H23N5O5/c1-13-6-8-25(9-7-13)19(28)11-26-18(27)5-3-15(23-26)21-22-20(24-31-21)14-2-4-16-17(10-14)30-12-29-16/h2,4,10,13H,3,5-9,11-12H2,1H3. The van der Waals surface area contributed by atoms with E-state index in [1.807, 2.05) is 11.0 Å². The number of fused-ring (bicyclic) bond motifs is 1. The third kappa shape index (κ3) is 3.97. The second-order valence-electron chi connectivity index (χ2n) is 8.05. The molecule has 0 saturated carbocycles. The van der Waals surface area contributed by atoms with Crippen LogP contribution in [0.25, 0.3) is 11.4 Å². The lowest BCUT2D eigenvalue weighted by Crippen LogP contribution is -2.45. The molecule has 0 unspecified atom stereocenters. The third-order valence-electron chi connectivity index (χ3n) is 5.83. The van der Waals surface area contributed by atoms with Gasteiger partial charge in [0.15, 0.2) is 11.5 Å². The van der Waals surface area contributed by atoms with Crippen LogP contribution in [0.3, 0.4) is 0 Å². The van der Waals surface area contributed by atoms with Crippen molar-refractivity contribution in [2.75, 3.05) is 26.4 Å². The fraction of sp³-hybridized carbons (Fsp3) is 0.476. The van der Waals surface area contributed by atoms with Gasteiger partial charge < -0.3 is 18.9 Å². The maximum atomic E-state index is 12.6. The van der Waals surface area contributed by atoms with Gasteiger partial charge >= 0.3 is 0 Å². The van der Waals surface area contributed by atoms with E-state index in [1.54, 1.807) is 12.1 Å². The number of piperidine rings is 1. The number of amides is 2. The highest BCUT2D eigenvalue weighted by Gasteiger charge is 2.29. The van der Waals surface area contributed by atoms with E-state index in [1.165, 1.54) is 5.01 Å². The summed E-state index contributed by atoms with van der Waals surface area (Å²) in [6.07, 6.45) is 2.59. The van der Waals surface area contributed by atoms with Gasteiger partial charge in [0.2, 0.25) is 24.4 Å². The molecule has 1 aromatic carbocycles. The number of nitrogens with zero attached hydrogens (tertiary/aromatic N) is 5. The van der Waals surface area contributed by atoms with E-state index < -0.39 is 0 Å². The third-order valence-corrected chi connectivity index (χ3v) is 5.83. The first-order valence-electron chi connectivity index (χ1n) is 10.5. The maximum Gasteiger partial charge on any atom is 0.274 e. The molecule has 1 saturated heterocycles. The lowest BCUT2D eigenvalue weighted by molar-refractivity contribution is -0.141. The van der Waals surface area contributed by atoms with E-state index in [9.17, 15) is 9.59 Å². The summed E-state index contributed by atoms with van der Waals surface area (Å²) in [4.78, 5) is 31.2. The van der Waals surface area contributed by atoms with Crippen LogP contribution in [0.4, 0.5) is 0 Å². The molecule has 31 heavy (non-hydrogen) atoms. The van der Waals surface area contributed by atoms with Crippen LogP contribution >= 0.6 is 0 Å². The van der Waals surface area contributed by atoms with E-state index in [4.69, 9.17) is 14.0 Å². The van der Waals surface area contributed by atoms with E-state index in [0.29, 0.717) is 35.4 Å². The van der Waals surface area contributed by atoms with Gasteiger partial charge in [-0.25, -0.2) is 5.01 Å². The number of likely N-dealkylation sites (tertiary alicyclic amines) is 1. The van der Waals surface area contributed by atoms with Gasteiger partial charge in [-0.05, 0) is 37.0 Å². The highest BCUT2D eigenvalue weighted by atomic mass is 16.7. The van der Waals surface area contributed by atoms with Crippen LogP contribution < -0.4 is 9.47 Å². The molecule has 10 nitrogen and oxygen atoms in total. The first-order valence-corrected chi connectivity index (χ1v) is 10.5. The van der Waals surface area contributed by atoms with Crippen LogP contribution in [0.15, 0.2) is 27.8 Å². The molecule has 0 spiro atoms. The lowest BCUT2D eigenvalue weighted by Gasteiger charge is -2.32. The van der Waals surface area contributed by atoms with Crippen LogP contribution in [0.1, 0.15) is 38.5 Å². The number of benzene rings is 1. The van der Waals surface area contributed by atoms with Crippen molar-refractivity contribution in [2.45, 2.75) is 32.6 Å². The summed E-state index contributed by atoms with van der Waals surface area (Å²) in [6.45, 7) is 3.75. The Balaban J connectivity index is 1.31. The summed E-state index contributed by atoms with van der Waals surface area (Å²) in [5.74, 6) is 2.28. The summed E-state index contributed by atoms with van der Waals surface area (Å²) in [5, 5.41) is 9.62. The Morgan fingerprint density at radius 1 is 1.16 bits per heavy atom. The summed E-state index contributed by atoms with van der Waals surface area (Å²) in [6, 6.07) is 5.39. The molecule has 0 radical (unpaired) electrons. The van der Waals surface area contributed by atoms with Crippen molar-refractivity contribution >= 4 is 17.5 Å². The van der Waals surface area contributed by atoms with Crippen molar-refractivity contribution in [1.29, 1.82) is 0 Å². The number of hydrogen-bond acceptors (Lipinski definition) is 8. The molecule has 3 aliphatic heterocycles. The number of aromatic nitrogens is 2. The van der Waals surface area contributed by atoms with Crippen LogP contribution in [0.5, 0.6) is 11.5 Å². The average molecular weight is 425 g/mol. The lowest BCUT2D eigenvalue weighted by atomic mass is 9.99. The van der Waals surface area contributed by atoms with Crippen LogP contribution in [-0.2, 0) is 9.59 Å². The molecule has 1 aromatic heterocycles. The first-order chi connectivity index (χ1) is 15.1. The zero-order chi connectivity index (χ0) is 21.4. The average Bonchev–Trinajstić information content (AvgIpc) is 3.45. The molecule has 4 heterocycles. The summed E-state index contributed by atoms with van der Waals surface area (Å²) in [7, 11) is 0. The van der Waals surface area contributed by atoms with E-state index in [2.05, 4.69) is 22.2 Å². The van der Waals surface area contributed by atoms with Crippen molar-refractivity contribution in [2.24, 2.45) is 11.0 Å². The molecule has 162 valence electrons. The predicted molar refractivity (Wildman–Crippen MR) is 108 cm³/mol. The molecule has 0 atom stereocenters. The monoisotopic (exact) mass is 425 g/mol. The topological polar surface area (TPSA) is 110 Å². The van der Waals surface area contributed by atoms with E-state index in [0.717, 1.165) is 31.5 Å². The van der Waals surface area contributed by atoms with E-state index in [-0.39, 0.29) is 37.5 Å².